The van der Waals surface area contributed by atoms with Crippen LogP contribution in [0, 0.1) is 0 Å². The Morgan fingerprint density at radius 3 is 2.68 bits per heavy atom. The number of rotatable bonds is 5. The highest BCUT2D eigenvalue weighted by molar-refractivity contribution is 6.32. The van der Waals surface area contributed by atoms with Gasteiger partial charge in [0.1, 0.15) is 5.76 Å². The van der Waals surface area contributed by atoms with E-state index in [1.165, 1.54) is 0 Å². The first kappa shape index (κ1) is 13.8. The number of methoxy groups -OCH3 is 2. The van der Waals surface area contributed by atoms with Crippen molar-refractivity contribution < 1.29 is 13.9 Å². The highest BCUT2D eigenvalue weighted by atomic mass is 35.5. The molecule has 0 spiro atoms. The van der Waals surface area contributed by atoms with E-state index in [0.29, 0.717) is 22.9 Å². The Balaban J connectivity index is 2.24. The number of benzene rings is 1. The molecule has 0 fully saturated rings. The summed E-state index contributed by atoms with van der Waals surface area (Å²) in [5.74, 6) is 1.86. The summed E-state index contributed by atoms with van der Waals surface area (Å²) in [5.41, 5.74) is 7.04. The number of halogens is 1. The van der Waals surface area contributed by atoms with Gasteiger partial charge in [0.15, 0.2) is 11.5 Å². The van der Waals surface area contributed by atoms with E-state index in [1.54, 1.807) is 20.5 Å². The maximum absolute atomic E-state index is 6.15. The van der Waals surface area contributed by atoms with Crippen molar-refractivity contribution in [3.8, 4) is 11.5 Å². The molecule has 1 heterocycles. The van der Waals surface area contributed by atoms with E-state index in [9.17, 15) is 0 Å². The second-order valence-corrected chi connectivity index (χ2v) is 4.55. The van der Waals surface area contributed by atoms with Gasteiger partial charge in [-0.2, -0.15) is 0 Å². The Bertz CT molecular complexity index is 540. The van der Waals surface area contributed by atoms with Gasteiger partial charge in [0, 0.05) is 0 Å². The first-order valence-corrected chi connectivity index (χ1v) is 6.23. The van der Waals surface area contributed by atoms with Gasteiger partial charge in [-0.05, 0) is 36.2 Å². The lowest BCUT2D eigenvalue weighted by atomic mass is 10.0. The molecule has 102 valence electrons. The van der Waals surface area contributed by atoms with E-state index in [4.69, 9.17) is 31.2 Å². The average Bonchev–Trinajstić information content (AvgIpc) is 2.92. The molecule has 0 radical (unpaired) electrons. The predicted molar refractivity (Wildman–Crippen MR) is 73.9 cm³/mol. The summed E-state index contributed by atoms with van der Waals surface area (Å²) in [4.78, 5) is 0. The summed E-state index contributed by atoms with van der Waals surface area (Å²) in [6.07, 6.45) is 2.21. The van der Waals surface area contributed by atoms with Crippen molar-refractivity contribution in [2.24, 2.45) is 5.73 Å². The molecule has 1 aromatic heterocycles. The van der Waals surface area contributed by atoms with Crippen LogP contribution < -0.4 is 15.2 Å². The molecule has 0 saturated carbocycles. The van der Waals surface area contributed by atoms with Gasteiger partial charge in [-0.25, -0.2) is 0 Å². The van der Waals surface area contributed by atoms with Gasteiger partial charge in [-0.15, -0.1) is 0 Å². The normalized spacial score (nSPS) is 12.2. The molecule has 1 aromatic carbocycles. The first-order valence-electron chi connectivity index (χ1n) is 5.85. The van der Waals surface area contributed by atoms with Crippen LogP contribution in [0.4, 0.5) is 0 Å². The summed E-state index contributed by atoms with van der Waals surface area (Å²) in [5, 5.41) is 0.503. The van der Waals surface area contributed by atoms with Crippen molar-refractivity contribution >= 4 is 11.6 Å². The molecule has 0 aliphatic carbocycles. The van der Waals surface area contributed by atoms with E-state index < -0.39 is 0 Å². The molecule has 5 heteroatoms. The van der Waals surface area contributed by atoms with E-state index in [0.717, 1.165) is 11.3 Å². The van der Waals surface area contributed by atoms with Crippen molar-refractivity contribution in [1.29, 1.82) is 0 Å². The van der Waals surface area contributed by atoms with Gasteiger partial charge in [-0.3, -0.25) is 0 Å². The molecule has 0 saturated heterocycles. The maximum atomic E-state index is 6.15. The number of furan rings is 1. The van der Waals surface area contributed by atoms with Gasteiger partial charge in [0.2, 0.25) is 0 Å². The van der Waals surface area contributed by atoms with Crippen LogP contribution in [0.1, 0.15) is 17.4 Å². The first-order chi connectivity index (χ1) is 9.15. The van der Waals surface area contributed by atoms with E-state index in [2.05, 4.69) is 0 Å². The molecule has 2 N–H and O–H groups in total. The van der Waals surface area contributed by atoms with Crippen LogP contribution in [-0.2, 0) is 6.42 Å². The third kappa shape index (κ3) is 3.03. The Morgan fingerprint density at radius 2 is 2.11 bits per heavy atom. The van der Waals surface area contributed by atoms with Crippen LogP contribution in [0.5, 0.6) is 11.5 Å². The third-order valence-electron chi connectivity index (χ3n) is 2.86. The van der Waals surface area contributed by atoms with E-state index in [-0.39, 0.29) is 6.04 Å². The van der Waals surface area contributed by atoms with Gasteiger partial charge in [0.05, 0.1) is 31.5 Å². The van der Waals surface area contributed by atoms with Crippen LogP contribution in [-0.4, -0.2) is 14.2 Å². The highest BCUT2D eigenvalue weighted by Crippen LogP contribution is 2.36. The monoisotopic (exact) mass is 281 g/mol. The van der Waals surface area contributed by atoms with Crippen molar-refractivity contribution in [3.05, 3.63) is 46.9 Å². The van der Waals surface area contributed by atoms with Gasteiger partial charge in [-0.1, -0.05) is 11.6 Å². The van der Waals surface area contributed by atoms with E-state index in [1.807, 2.05) is 24.3 Å². The smallest absolute Gasteiger partial charge is 0.179 e. The Kier molecular flexibility index (Phi) is 4.35. The van der Waals surface area contributed by atoms with Crippen molar-refractivity contribution in [2.75, 3.05) is 14.2 Å². The number of hydrogen-bond donors (Lipinski definition) is 1. The zero-order valence-corrected chi connectivity index (χ0v) is 11.6. The molecule has 2 aromatic rings. The average molecular weight is 282 g/mol. The van der Waals surface area contributed by atoms with Gasteiger partial charge in [0.25, 0.3) is 0 Å². The molecule has 0 bridgehead atoms. The molecular formula is C14H16ClNO3. The zero-order valence-electron chi connectivity index (χ0n) is 10.9. The number of hydrogen-bond acceptors (Lipinski definition) is 4. The number of ether oxygens (including phenoxy) is 2. The van der Waals surface area contributed by atoms with Crippen LogP contribution in [0.3, 0.4) is 0 Å². The lowest BCUT2D eigenvalue weighted by Crippen LogP contribution is -2.12. The summed E-state index contributed by atoms with van der Waals surface area (Å²) < 4.78 is 15.7. The van der Waals surface area contributed by atoms with Crippen LogP contribution >= 0.6 is 11.6 Å². The van der Waals surface area contributed by atoms with Gasteiger partial charge < -0.3 is 19.6 Å². The van der Waals surface area contributed by atoms with Crippen molar-refractivity contribution in [1.82, 2.24) is 0 Å². The molecule has 0 amide bonds. The molecule has 19 heavy (non-hydrogen) atoms. The summed E-state index contributed by atoms with van der Waals surface area (Å²) in [6.45, 7) is 0. The molecule has 4 nitrogen and oxygen atoms in total. The third-order valence-corrected chi connectivity index (χ3v) is 3.14. The lowest BCUT2D eigenvalue weighted by Gasteiger charge is -2.13. The molecule has 0 aliphatic heterocycles. The summed E-state index contributed by atoms with van der Waals surface area (Å²) in [6, 6.07) is 7.15. The minimum absolute atomic E-state index is 0.218. The standard InChI is InChI=1S/C14H16ClNO3/c1-17-13-8-9(6-10(15)14(13)18-2)7-11(16)12-4-3-5-19-12/h3-6,8,11H,7,16H2,1-2H3. The molecule has 1 unspecified atom stereocenters. The summed E-state index contributed by atoms with van der Waals surface area (Å²) >= 11 is 6.15. The molecule has 1 atom stereocenters. The largest absolute Gasteiger partial charge is 0.493 e. The Hall–Kier alpha value is -1.65. The maximum Gasteiger partial charge on any atom is 0.179 e. The molecule has 2 rings (SSSR count). The highest BCUT2D eigenvalue weighted by Gasteiger charge is 2.15. The fourth-order valence-electron chi connectivity index (χ4n) is 1.95. The van der Waals surface area contributed by atoms with Crippen LogP contribution in [0.25, 0.3) is 0 Å². The van der Waals surface area contributed by atoms with Crippen LogP contribution in [0.2, 0.25) is 5.02 Å². The predicted octanol–water partition coefficient (Wildman–Crippen LogP) is 3.19. The molecule has 0 aliphatic rings. The van der Waals surface area contributed by atoms with E-state index >= 15 is 0 Å². The van der Waals surface area contributed by atoms with Crippen molar-refractivity contribution in [2.45, 2.75) is 12.5 Å². The second-order valence-electron chi connectivity index (χ2n) is 4.14. The quantitative estimate of drug-likeness (QED) is 0.914. The topological polar surface area (TPSA) is 57.6 Å². The lowest BCUT2D eigenvalue weighted by molar-refractivity contribution is 0.354. The fourth-order valence-corrected chi connectivity index (χ4v) is 2.26. The van der Waals surface area contributed by atoms with Crippen molar-refractivity contribution in [3.63, 3.8) is 0 Å². The zero-order chi connectivity index (χ0) is 13.8. The molecular weight excluding hydrogens is 266 g/mol. The minimum atomic E-state index is -0.218. The Morgan fingerprint density at radius 1 is 1.32 bits per heavy atom. The van der Waals surface area contributed by atoms with Gasteiger partial charge >= 0.3 is 0 Å². The second kappa shape index (κ2) is 5.99. The Labute approximate surface area is 117 Å². The minimum Gasteiger partial charge on any atom is -0.493 e. The van der Waals surface area contributed by atoms with Crippen LogP contribution in [0.15, 0.2) is 34.9 Å². The fraction of sp³-hybridized carbons (Fsp3) is 0.286. The SMILES string of the molecule is COc1cc(CC(N)c2ccco2)cc(Cl)c1OC. The summed E-state index contributed by atoms with van der Waals surface area (Å²) in [7, 11) is 3.13. The number of nitrogens with two attached hydrogens (primary N) is 1.